The second-order valence-electron chi connectivity index (χ2n) is 7.77. The van der Waals surface area contributed by atoms with E-state index in [9.17, 15) is 22.4 Å². The third kappa shape index (κ3) is 5.95. The molecule has 0 bridgehead atoms. The van der Waals surface area contributed by atoms with Gasteiger partial charge in [0.05, 0.1) is 22.6 Å². The molecule has 2 amide bonds. The van der Waals surface area contributed by atoms with Gasteiger partial charge in [-0.2, -0.15) is 0 Å². The number of amides is 2. The minimum Gasteiger partial charge on any atom is -0.349 e. The van der Waals surface area contributed by atoms with Crippen LogP contribution in [-0.4, -0.2) is 26.3 Å². The molecule has 3 aromatic rings. The lowest BCUT2D eigenvalue weighted by Crippen LogP contribution is -2.27. The highest BCUT2D eigenvalue weighted by Crippen LogP contribution is 2.22. The predicted molar refractivity (Wildman–Crippen MR) is 123 cm³/mol. The molecule has 0 aromatic heterocycles. The maximum absolute atomic E-state index is 13.0. The number of hydrogen-bond acceptors (Lipinski definition) is 4. The number of carbonyl (C=O) groups is 2. The fourth-order valence-corrected chi connectivity index (χ4v) is 4.24. The molecule has 1 aliphatic rings. The van der Waals surface area contributed by atoms with Crippen LogP contribution in [0.25, 0.3) is 0 Å². The van der Waals surface area contributed by atoms with Crippen molar-refractivity contribution in [2.45, 2.75) is 30.2 Å². The van der Waals surface area contributed by atoms with Gasteiger partial charge < -0.3 is 10.6 Å². The lowest BCUT2D eigenvalue weighted by Gasteiger charge is -2.12. The summed E-state index contributed by atoms with van der Waals surface area (Å²) in [6, 6.07) is 17.9. The highest BCUT2D eigenvalue weighted by molar-refractivity contribution is 7.92. The van der Waals surface area contributed by atoms with Crippen molar-refractivity contribution >= 4 is 33.2 Å². The Hall–Kier alpha value is -3.72. The van der Waals surface area contributed by atoms with Crippen molar-refractivity contribution in [3.05, 3.63) is 89.7 Å². The van der Waals surface area contributed by atoms with Crippen LogP contribution in [0.3, 0.4) is 0 Å². The first-order valence-corrected chi connectivity index (χ1v) is 11.9. The van der Waals surface area contributed by atoms with Gasteiger partial charge in [-0.3, -0.25) is 14.3 Å². The first kappa shape index (κ1) is 22.5. The maximum atomic E-state index is 13.0. The van der Waals surface area contributed by atoms with Crippen LogP contribution in [0.15, 0.2) is 77.7 Å². The zero-order valence-electron chi connectivity index (χ0n) is 17.5. The molecule has 33 heavy (non-hydrogen) atoms. The zero-order valence-corrected chi connectivity index (χ0v) is 18.4. The van der Waals surface area contributed by atoms with E-state index in [4.69, 9.17) is 0 Å². The zero-order chi connectivity index (χ0) is 23.4. The summed E-state index contributed by atoms with van der Waals surface area (Å²) >= 11 is 0. The molecule has 1 aliphatic carbocycles. The molecule has 0 radical (unpaired) electrons. The highest BCUT2D eigenvalue weighted by atomic mass is 32.2. The van der Waals surface area contributed by atoms with Crippen molar-refractivity contribution in [3.8, 4) is 0 Å². The normalized spacial score (nSPS) is 13.2. The highest BCUT2D eigenvalue weighted by Gasteiger charge is 2.25. The van der Waals surface area contributed by atoms with Crippen LogP contribution in [0.1, 0.15) is 28.8 Å². The van der Waals surface area contributed by atoms with Crippen molar-refractivity contribution in [2.75, 3.05) is 10.0 Å². The van der Waals surface area contributed by atoms with E-state index in [0.29, 0.717) is 22.5 Å². The molecule has 0 spiro atoms. The van der Waals surface area contributed by atoms with Crippen LogP contribution in [0.2, 0.25) is 0 Å². The second kappa shape index (κ2) is 9.41. The van der Waals surface area contributed by atoms with Gasteiger partial charge in [0.1, 0.15) is 5.82 Å². The molecule has 0 heterocycles. The summed E-state index contributed by atoms with van der Waals surface area (Å²) < 4.78 is 40.3. The Morgan fingerprint density at radius 1 is 0.909 bits per heavy atom. The van der Waals surface area contributed by atoms with E-state index in [1.165, 1.54) is 12.1 Å². The molecule has 4 rings (SSSR count). The van der Waals surface area contributed by atoms with Crippen molar-refractivity contribution in [3.63, 3.8) is 0 Å². The summed E-state index contributed by atoms with van der Waals surface area (Å²) in [6.07, 6.45) is 1.98. The summed E-state index contributed by atoms with van der Waals surface area (Å²) in [7, 11) is -3.86. The van der Waals surface area contributed by atoms with Crippen LogP contribution >= 0.6 is 0 Å². The van der Waals surface area contributed by atoms with Crippen molar-refractivity contribution in [1.82, 2.24) is 5.32 Å². The van der Waals surface area contributed by atoms with Gasteiger partial charge in [0.2, 0.25) is 5.91 Å². The summed E-state index contributed by atoms with van der Waals surface area (Å²) in [6.45, 7) is 0. The summed E-state index contributed by atoms with van der Waals surface area (Å²) in [4.78, 5) is 24.9. The minimum absolute atomic E-state index is 0.0452. The van der Waals surface area contributed by atoms with E-state index in [-0.39, 0.29) is 29.2 Å². The van der Waals surface area contributed by atoms with E-state index in [0.717, 1.165) is 25.0 Å². The topological polar surface area (TPSA) is 104 Å². The third-order valence-corrected chi connectivity index (χ3v) is 6.45. The van der Waals surface area contributed by atoms with Gasteiger partial charge in [-0.25, -0.2) is 12.8 Å². The fourth-order valence-electron chi connectivity index (χ4n) is 3.18. The molecule has 0 unspecified atom stereocenters. The average Bonchev–Trinajstić information content (AvgIpc) is 3.59. The Morgan fingerprint density at radius 3 is 2.24 bits per heavy atom. The Bertz CT molecular complexity index is 1270. The number of anilines is 2. The van der Waals surface area contributed by atoms with Gasteiger partial charge in [0.25, 0.3) is 15.9 Å². The molecule has 3 aromatic carbocycles. The summed E-state index contributed by atoms with van der Waals surface area (Å²) in [5.41, 5.74) is 1.82. The van der Waals surface area contributed by atoms with Crippen LogP contribution in [-0.2, 0) is 21.2 Å². The maximum Gasteiger partial charge on any atom is 0.261 e. The van der Waals surface area contributed by atoms with Crippen LogP contribution in [0.5, 0.6) is 0 Å². The number of sulfonamides is 1. The van der Waals surface area contributed by atoms with Crippen molar-refractivity contribution in [1.29, 1.82) is 0 Å². The molecule has 0 aliphatic heterocycles. The number of nitrogens with one attached hydrogen (secondary N) is 3. The average molecular weight is 468 g/mol. The minimum atomic E-state index is -3.86. The van der Waals surface area contributed by atoms with Gasteiger partial charge in [-0.05, 0) is 66.9 Å². The number of benzene rings is 3. The van der Waals surface area contributed by atoms with Crippen LogP contribution < -0.4 is 15.4 Å². The van der Waals surface area contributed by atoms with Crippen molar-refractivity contribution < 1.29 is 22.4 Å². The van der Waals surface area contributed by atoms with E-state index in [1.54, 1.807) is 48.5 Å². The largest absolute Gasteiger partial charge is 0.349 e. The lowest BCUT2D eigenvalue weighted by molar-refractivity contribution is -0.115. The first-order chi connectivity index (χ1) is 15.8. The third-order valence-electron chi connectivity index (χ3n) is 5.05. The van der Waals surface area contributed by atoms with Crippen LogP contribution in [0.4, 0.5) is 15.8 Å². The van der Waals surface area contributed by atoms with Gasteiger partial charge in [-0.15, -0.1) is 0 Å². The molecular formula is C24H22FN3O4S. The molecule has 3 N–H and O–H groups in total. The molecule has 170 valence electrons. The molecule has 0 atom stereocenters. The predicted octanol–water partition coefficient (Wildman–Crippen LogP) is 3.70. The molecule has 7 nitrogen and oxygen atoms in total. The fraction of sp³-hybridized carbons (Fsp3) is 0.167. The molecule has 1 saturated carbocycles. The van der Waals surface area contributed by atoms with Crippen LogP contribution in [0, 0.1) is 5.82 Å². The number of para-hydroxylation sites is 1. The van der Waals surface area contributed by atoms with Gasteiger partial charge in [0, 0.05) is 11.7 Å². The Labute approximate surface area is 191 Å². The van der Waals surface area contributed by atoms with Gasteiger partial charge in [0.15, 0.2) is 0 Å². The van der Waals surface area contributed by atoms with Gasteiger partial charge in [-0.1, -0.05) is 24.3 Å². The molecule has 1 fully saturated rings. The smallest absolute Gasteiger partial charge is 0.261 e. The van der Waals surface area contributed by atoms with E-state index >= 15 is 0 Å². The number of rotatable bonds is 8. The van der Waals surface area contributed by atoms with E-state index < -0.39 is 15.8 Å². The molecule has 0 saturated heterocycles. The number of hydrogen-bond donors (Lipinski definition) is 3. The lowest BCUT2D eigenvalue weighted by atomic mass is 10.1. The molecule has 9 heteroatoms. The standard InChI is InChI=1S/C24H22FN3O4S/c25-17-7-13-20(14-8-17)33(31,32)28-19-9-5-16(6-10-19)15-23(29)27-22-4-2-1-3-21(22)24(30)26-18-11-12-18/h1-10,13-14,18,28H,11-12,15H2,(H,26,30)(H,27,29). The Balaban J connectivity index is 1.38. The molecular weight excluding hydrogens is 445 g/mol. The summed E-state index contributed by atoms with van der Waals surface area (Å²) in [5.74, 6) is -1.05. The first-order valence-electron chi connectivity index (χ1n) is 10.4. The SMILES string of the molecule is O=C(Cc1ccc(NS(=O)(=O)c2ccc(F)cc2)cc1)Nc1ccccc1C(=O)NC1CC1. The van der Waals surface area contributed by atoms with E-state index in [1.807, 2.05) is 0 Å². The summed E-state index contributed by atoms with van der Waals surface area (Å²) in [5, 5.41) is 5.68. The number of carbonyl (C=O) groups excluding carboxylic acids is 2. The van der Waals surface area contributed by atoms with Gasteiger partial charge >= 0.3 is 0 Å². The Kier molecular flexibility index (Phi) is 6.41. The monoisotopic (exact) mass is 467 g/mol. The quantitative estimate of drug-likeness (QED) is 0.470. The Morgan fingerprint density at radius 2 is 1.58 bits per heavy atom. The number of halogens is 1. The van der Waals surface area contributed by atoms with Crippen molar-refractivity contribution in [2.24, 2.45) is 0 Å². The second-order valence-corrected chi connectivity index (χ2v) is 9.46. The van der Waals surface area contributed by atoms with E-state index in [2.05, 4.69) is 15.4 Å².